The summed E-state index contributed by atoms with van der Waals surface area (Å²) >= 11 is 0. The Kier molecular flexibility index (Phi) is 9.49. The van der Waals surface area contributed by atoms with E-state index in [-0.39, 0.29) is 48.9 Å². The molecule has 1 spiro atoms. The van der Waals surface area contributed by atoms with E-state index in [0.717, 1.165) is 22.1 Å². The topological polar surface area (TPSA) is 109 Å². The molecule has 0 radical (unpaired) electrons. The average Bonchev–Trinajstić information content (AvgIpc) is 3.68. The predicted molar refractivity (Wildman–Crippen MR) is 225 cm³/mol. The lowest BCUT2D eigenvalue weighted by Crippen LogP contribution is -2.52. The Morgan fingerprint density at radius 3 is 2.29 bits per heavy atom. The minimum absolute atomic E-state index is 0.0327. The fourth-order valence-electron chi connectivity index (χ4n) is 10.1. The summed E-state index contributed by atoms with van der Waals surface area (Å²) in [7, 11) is -0.964. The lowest BCUT2D eigenvalue weighted by atomic mass is 9.82. The third-order valence-electron chi connectivity index (χ3n) is 13.0. The van der Waals surface area contributed by atoms with Crippen molar-refractivity contribution in [2.45, 2.75) is 62.7 Å². The SMILES string of the molecule is COc1ccc([Si](C)(C)[C@@H]2[C@@H](CC(=O)N3Cc4ccccc4C[C@H]3CO)O[C@]3(C(=O)N(c4ccccc4)c4ccc(N5C(=O)COc6ccccc65)cc43)[C@H]2C)cc1. The first kappa shape index (κ1) is 37.8. The number of hydrogen-bond donors (Lipinski definition) is 1. The summed E-state index contributed by atoms with van der Waals surface area (Å²) < 4.78 is 18.7. The standard InChI is InChI=1S/C47H47N3O7Si/c1-30-45(58(3,4)37-21-19-36(55-2)20-22-37)42(26-43(52)48-27-32-13-9-8-12-31(32)24-35(48)28-51)57-47(30)38-25-34(49-40-16-10-11-17-41(40)56-29-44(49)53)18-23-39(38)50(46(47)54)33-14-6-5-7-15-33/h5-23,25,30,35,42,45,51H,24,26-29H2,1-4H3/t30-,35-,42+,45-,47+/m0/s1. The van der Waals surface area contributed by atoms with E-state index in [1.807, 2.05) is 103 Å². The van der Waals surface area contributed by atoms with Gasteiger partial charge in [0.25, 0.3) is 11.8 Å². The number of benzene rings is 5. The molecule has 4 heterocycles. The molecule has 3 amide bonds. The van der Waals surface area contributed by atoms with Crippen molar-refractivity contribution in [2.24, 2.45) is 5.92 Å². The van der Waals surface area contributed by atoms with Crippen molar-refractivity contribution in [1.29, 1.82) is 0 Å². The van der Waals surface area contributed by atoms with Gasteiger partial charge >= 0.3 is 0 Å². The first-order chi connectivity index (χ1) is 28.1. The molecule has 0 aliphatic carbocycles. The Labute approximate surface area is 339 Å². The fourth-order valence-corrected chi connectivity index (χ4v) is 14.1. The van der Waals surface area contributed by atoms with Crippen molar-refractivity contribution in [3.05, 3.63) is 138 Å². The number of anilines is 4. The Balaban J connectivity index is 1.19. The van der Waals surface area contributed by atoms with Crippen LogP contribution < -0.4 is 24.5 Å². The highest BCUT2D eigenvalue weighted by atomic mass is 28.3. The van der Waals surface area contributed by atoms with Crippen LogP contribution in [-0.2, 0) is 37.7 Å². The number of aliphatic hydroxyl groups excluding tert-OH is 1. The van der Waals surface area contributed by atoms with Crippen molar-refractivity contribution in [3.63, 3.8) is 0 Å². The van der Waals surface area contributed by atoms with E-state index in [0.29, 0.717) is 47.0 Å². The molecule has 9 rings (SSSR count). The van der Waals surface area contributed by atoms with Crippen molar-refractivity contribution in [1.82, 2.24) is 4.90 Å². The second-order valence-electron chi connectivity index (χ2n) is 16.4. The summed E-state index contributed by atoms with van der Waals surface area (Å²) in [4.78, 5) is 49.2. The lowest BCUT2D eigenvalue weighted by Gasteiger charge is -2.39. The van der Waals surface area contributed by atoms with Crippen LogP contribution >= 0.6 is 0 Å². The van der Waals surface area contributed by atoms with E-state index >= 15 is 4.79 Å². The van der Waals surface area contributed by atoms with Crippen LogP contribution in [0.15, 0.2) is 121 Å². The van der Waals surface area contributed by atoms with Gasteiger partial charge in [0, 0.05) is 29.4 Å². The van der Waals surface area contributed by atoms with Gasteiger partial charge in [-0.15, -0.1) is 0 Å². The van der Waals surface area contributed by atoms with Crippen molar-refractivity contribution in [3.8, 4) is 11.5 Å². The summed E-state index contributed by atoms with van der Waals surface area (Å²) in [6.07, 6.45) is -0.0563. The molecule has 10 nitrogen and oxygen atoms in total. The van der Waals surface area contributed by atoms with Gasteiger partial charge in [-0.1, -0.05) is 91.9 Å². The molecule has 5 atom stereocenters. The third-order valence-corrected chi connectivity index (χ3v) is 17.3. The van der Waals surface area contributed by atoms with Crippen LogP contribution in [0, 0.1) is 5.92 Å². The number of para-hydroxylation sites is 3. The first-order valence-electron chi connectivity index (χ1n) is 19.9. The van der Waals surface area contributed by atoms with Crippen LogP contribution in [0.2, 0.25) is 18.6 Å². The van der Waals surface area contributed by atoms with Gasteiger partial charge in [-0.25, -0.2) is 0 Å². The number of hydrogen-bond acceptors (Lipinski definition) is 7. The molecule has 296 valence electrons. The molecule has 1 N–H and O–H groups in total. The maximum atomic E-state index is 15.6. The normalized spacial score (nSPS) is 23.7. The molecule has 0 bridgehead atoms. The minimum Gasteiger partial charge on any atom is -0.497 e. The zero-order valence-electron chi connectivity index (χ0n) is 33.1. The number of ether oxygens (including phenoxy) is 3. The van der Waals surface area contributed by atoms with Crippen LogP contribution in [-0.4, -0.2) is 68.3 Å². The fraction of sp³-hybridized carbons (Fsp3) is 0.298. The largest absolute Gasteiger partial charge is 0.497 e. The second-order valence-corrected chi connectivity index (χ2v) is 21.0. The Hall–Kier alpha value is -5.75. The predicted octanol–water partition coefficient (Wildman–Crippen LogP) is 6.98. The number of rotatable bonds is 8. The zero-order chi connectivity index (χ0) is 40.3. The summed E-state index contributed by atoms with van der Waals surface area (Å²) in [5.74, 6) is 0.366. The quantitative estimate of drug-likeness (QED) is 0.169. The number of methoxy groups -OCH3 is 1. The molecule has 5 aromatic carbocycles. The van der Waals surface area contributed by atoms with Crippen LogP contribution in [0.4, 0.5) is 22.7 Å². The minimum atomic E-state index is -2.61. The lowest BCUT2D eigenvalue weighted by molar-refractivity contribution is -0.150. The molecule has 58 heavy (non-hydrogen) atoms. The number of nitrogens with zero attached hydrogens (tertiary/aromatic N) is 3. The zero-order valence-corrected chi connectivity index (χ0v) is 34.1. The van der Waals surface area contributed by atoms with Crippen LogP contribution in [0.25, 0.3) is 0 Å². The summed E-state index contributed by atoms with van der Waals surface area (Å²) in [5.41, 5.74) is 3.73. The Bertz CT molecular complexity index is 2410. The van der Waals surface area contributed by atoms with Gasteiger partial charge in [0.15, 0.2) is 12.2 Å². The van der Waals surface area contributed by atoms with Gasteiger partial charge in [0.05, 0.1) is 51.7 Å². The van der Waals surface area contributed by atoms with Gasteiger partial charge in [-0.2, -0.15) is 0 Å². The Morgan fingerprint density at radius 1 is 0.845 bits per heavy atom. The van der Waals surface area contributed by atoms with Crippen LogP contribution in [0.1, 0.15) is 30.0 Å². The maximum absolute atomic E-state index is 15.6. The summed E-state index contributed by atoms with van der Waals surface area (Å²) in [6.45, 7) is 6.78. The number of amides is 3. The van der Waals surface area contributed by atoms with E-state index in [4.69, 9.17) is 14.2 Å². The molecule has 4 aliphatic rings. The molecule has 4 aliphatic heterocycles. The highest BCUT2D eigenvalue weighted by Crippen LogP contribution is 2.61. The molecule has 11 heteroatoms. The van der Waals surface area contributed by atoms with Gasteiger partial charge in [-0.3, -0.25) is 24.2 Å². The van der Waals surface area contributed by atoms with Crippen LogP contribution in [0.3, 0.4) is 0 Å². The maximum Gasteiger partial charge on any atom is 0.269 e. The molecular formula is C47H47N3O7Si. The number of carbonyl (C=O) groups is 3. The number of carbonyl (C=O) groups excluding carboxylic acids is 3. The van der Waals surface area contributed by atoms with Crippen LogP contribution in [0.5, 0.6) is 11.5 Å². The van der Waals surface area contributed by atoms with Gasteiger partial charge in [0.1, 0.15) is 11.5 Å². The number of aliphatic hydroxyl groups is 1. The van der Waals surface area contributed by atoms with E-state index in [9.17, 15) is 14.7 Å². The average molecular weight is 794 g/mol. The van der Waals surface area contributed by atoms with Gasteiger partial charge < -0.3 is 24.2 Å². The highest BCUT2D eigenvalue weighted by molar-refractivity contribution is 6.91. The van der Waals surface area contributed by atoms with Gasteiger partial charge in [-0.05, 0) is 77.7 Å². The summed E-state index contributed by atoms with van der Waals surface area (Å²) in [5, 5.41) is 11.7. The first-order valence-corrected chi connectivity index (χ1v) is 23.0. The second kappa shape index (κ2) is 14.6. The number of fused-ring (bicyclic) bond motifs is 4. The molecule has 0 saturated carbocycles. The molecule has 5 aromatic rings. The van der Waals surface area contributed by atoms with Crippen molar-refractivity contribution in [2.75, 3.05) is 30.1 Å². The van der Waals surface area contributed by atoms with Gasteiger partial charge in [0.2, 0.25) is 5.91 Å². The molecule has 0 unspecified atom stereocenters. The van der Waals surface area contributed by atoms with E-state index in [1.165, 1.54) is 0 Å². The molecule has 0 aromatic heterocycles. The highest BCUT2D eigenvalue weighted by Gasteiger charge is 2.67. The van der Waals surface area contributed by atoms with E-state index in [1.54, 1.807) is 21.8 Å². The van der Waals surface area contributed by atoms with E-state index < -0.39 is 25.7 Å². The monoisotopic (exact) mass is 793 g/mol. The smallest absolute Gasteiger partial charge is 0.269 e. The Morgan fingerprint density at radius 2 is 1.55 bits per heavy atom. The van der Waals surface area contributed by atoms with Crippen molar-refractivity contribution < 1.29 is 33.7 Å². The van der Waals surface area contributed by atoms with Crippen molar-refractivity contribution >= 4 is 53.7 Å². The van der Waals surface area contributed by atoms with E-state index in [2.05, 4.69) is 38.2 Å². The summed E-state index contributed by atoms with van der Waals surface area (Å²) in [6, 6.07) is 38.5. The third kappa shape index (κ3) is 5.94. The molecule has 1 saturated heterocycles. The molecule has 1 fully saturated rings. The molecular weight excluding hydrogens is 747 g/mol.